The highest BCUT2D eigenvalue weighted by atomic mass is 35.5. The molecule has 12 aromatic rings. The van der Waals surface area contributed by atoms with Crippen molar-refractivity contribution in [1.29, 1.82) is 0 Å². The molecular formula is C70H62ClF23N18O. The molecule has 0 aliphatic rings. The van der Waals surface area contributed by atoms with Crippen LogP contribution in [0.5, 0.6) is 5.75 Å². The third kappa shape index (κ3) is 23.5. The number of alkyl halides is 18. The van der Waals surface area contributed by atoms with Gasteiger partial charge in [0.15, 0.2) is 45.8 Å². The molecule has 606 valence electrons. The minimum Gasteiger partial charge on any atom is -0.497 e. The van der Waals surface area contributed by atoms with Crippen molar-refractivity contribution in [2.75, 3.05) is 7.11 Å². The van der Waals surface area contributed by atoms with Crippen LogP contribution in [0, 0.1) is 29.1 Å². The van der Waals surface area contributed by atoms with Gasteiger partial charge >= 0.3 is 37.1 Å². The van der Waals surface area contributed by atoms with E-state index in [9.17, 15) is 101 Å². The summed E-state index contributed by atoms with van der Waals surface area (Å²) in [7, 11) is 1.48. The third-order valence-corrected chi connectivity index (χ3v) is 15.5. The van der Waals surface area contributed by atoms with Crippen LogP contribution >= 0.6 is 11.6 Å². The summed E-state index contributed by atoms with van der Waals surface area (Å²) in [5.74, 6) is -3.15. The predicted molar refractivity (Wildman–Crippen MR) is 364 cm³/mol. The standard InChI is InChI=1S/C14H16F3N3.C12H12F3N3O.C11H8ClF4N3.C11H8F5N3.2C11H9F4N3/c1-9(2)10-4-3-5-11(6-10)20-12(8-18)7-13(19-20)14(15,16)17;1-19-10-4-2-3-8(5-10)18-9(7-16)6-11(17-18)12(13,14)15;12-8-3-6(1-2-9(8)13)19-7(5-17)4-10(18-19)11(14,15)16;12-8-2-1-6(3-9(8)13)19-7(5-17)4-10(18-19)11(14,15)16;12-7-1-3-8(4-2-7)18-9(6-16)5-10(17-18)11(13,14)15;12-7-2-1-3-8(4-7)18-9(6-16)5-10(17-18)11(13,14)15/h3-7,9H,8,18H2,1-2H3;2-6H,7,16H2,1H3;2*1-4H,5,17H2;2*1-5H,6,16H2. The third-order valence-electron chi connectivity index (χ3n) is 15.2. The second-order valence-electron chi connectivity index (χ2n) is 23.4. The monoisotopic (exact) mass is 1640 g/mol. The van der Waals surface area contributed by atoms with Crippen molar-refractivity contribution in [2.24, 2.45) is 34.4 Å². The topological polar surface area (TPSA) is 272 Å². The molecule has 0 amide bonds. The van der Waals surface area contributed by atoms with Gasteiger partial charge in [0.1, 0.15) is 23.2 Å². The molecule has 0 radical (unpaired) electrons. The van der Waals surface area contributed by atoms with Gasteiger partial charge in [-0.3, -0.25) is 0 Å². The van der Waals surface area contributed by atoms with Gasteiger partial charge in [-0.15, -0.1) is 0 Å². The molecule has 0 aliphatic heterocycles. The molecule has 0 aliphatic carbocycles. The Morgan fingerprint density at radius 3 is 0.894 bits per heavy atom. The van der Waals surface area contributed by atoms with Crippen LogP contribution in [0.4, 0.5) is 101 Å². The normalized spacial score (nSPS) is 11.9. The summed E-state index contributed by atoms with van der Waals surface area (Å²) in [6, 6.07) is 35.4. The fourth-order valence-corrected chi connectivity index (χ4v) is 9.92. The summed E-state index contributed by atoms with van der Waals surface area (Å²) in [6.07, 6.45) is -27.2. The molecule has 0 bridgehead atoms. The number of nitrogens with two attached hydrogens (primary N) is 6. The Morgan fingerprint density at radius 1 is 0.310 bits per heavy atom. The summed E-state index contributed by atoms with van der Waals surface area (Å²) in [5.41, 5.74) is 30.2. The second kappa shape index (κ2) is 37.0. The van der Waals surface area contributed by atoms with Crippen LogP contribution in [0.3, 0.4) is 0 Å². The summed E-state index contributed by atoms with van der Waals surface area (Å²) < 4.78 is 303. The van der Waals surface area contributed by atoms with E-state index in [1.807, 2.05) is 26.0 Å². The molecule has 19 nitrogen and oxygen atoms in total. The molecule has 12 rings (SSSR count). The Hall–Kier alpha value is -11.2. The van der Waals surface area contributed by atoms with Gasteiger partial charge in [-0.25, -0.2) is 50.0 Å². The van der Waals surface area contributed by atoms with Gasteiger partial charge in [0, 0.05) is 51.4 Å². The first-order chi connectivity index (χ1) is 52.8. The highest BCUT2D eigenvalue weighted by Gasteiger charge is 2.40. The van der Waals surface area contributed by atoms with Crippen LogP contribution in [0.25, 0.3) is 34.1 Å². The molecule has 0 saturated heterocycles. The fraction of sp³-hybridized carbons (Fsp3) is 0.229. The molecule has 43 heteroatoms. The first kappa shape index (κ1) is 89.0. The van der Waals surface area contributed by atoms with Crippen LogP contribution in [0.15, 0.2) is 170 Å². The van der Waals surface area contributed by atoms with E-state index in [0.29, 0.717) is 28.5 Å². The van der Waals surface area contributed by atoms with Crippen molar-refractivity contribution in [3.8, 4) is 39.9 Å². The van der Waals surface area contributed by atoms with Crippen LogP contribution in [0.2, 0.25) is 5.02 Å². The molecule has 6 heterocycles. The number of hydrogen-bond donors (Lipinski definition) is 6. The van der Waals surface area contributed by atoms with Crippen molar-refractivity contribution in [2.45, 2.75) is 96.1 Å². The molecule has 0 atom stereocenters. The van der Waals surface area contributed by atoms with Gasteiger partial charge in [-0.2, -0.15) is 110 Å². The maximum Gasteiger partial charge on any atom is 0.435 e. The summed E-state index contributed by atoms with van der Waals surface area (Å²) in [4.78, 5) is 0. The van der Waals surface area contributed by atoms with E-state index in [1.165, 1.54) is 58.9 Å². The highest BCUT2D eigenvalue weighted by molar-refractivity contribution is 6.30. The lowest BCUT2D eigenvalue weighted by Crippen LogP contribution is -2.09. The molecule has 6 aromatic carbocycles. The Labute approximate surface area is 629 Å². The van der Waals surface area contributed by atoms with Crippen LogP contribution in [0.1, 0.15) is 93.7 Å². The maximum atomic E-state index is 13.1. The molecule has 0 fully saturated rings. The van der Waals surface area contributed by atoms with E-state index in [-0.39, 0.29) is 95.7 Å². The number of halogens is 24. The molecule has 113 heavy (non-hydrogen) atoms. The van der Waals surface area contributed by atoms with E-state index in [0.717, 1.165) is 103 Å². The minimum atomic E-state index is -4.63. The minimum absolute atomic E-state index is 0.00497. The lowest BCUT2D eigenvalue weighted by Gasteiger charge is -2.10. The smallest absolute Gasteiger partial charge is 0.435 e. The van der Waals surface area contributed by atoms with E-state index >= 15 is 0 Å². The zero-order chi connectivity index (χ0) is 84.0. The van der Waals surface area contributed by atoms with Crippen LogP contribution in [-0.2, 0) is 76.3 Å². The first-order valence-electron chi connectivity index (χ1n) is 32.1. The van der Waals surface area contributed by atoms with Crippen molar-refractivity contribution in [3.63, 3.8) is 0 Å². The highest BCUT2D eigenvalue weighted by Crippen LogP contribution is 2.36. The van der Waals surface area contributed by atoms with Crippen molar-refractivity contribution < 1.29 is 106 Å². The maximum absolute atomic E-state index is 13.1. The van der Waals surface area contributed by atoms with Crippen LogP contribution in [-0.4, -0.2) is 65.8 Å². The van der Waals surface area contributed by atoms with Gasteiger partial charge < -0.3 is 39.1 Å². The van der Waals surface area contributed by atoms with Gasteiger partial charge in [-0.05, 0) is 145 Å². The lowest BCUT2D eigenvalue weighted by molar-refractivity contribution is -0.142. The molecular weight excluding hydrogens is 1580 g/mol. The van der Waals surface area contributed by atoms with Crippen molar-refractivity contribution >= 4 is 11.6 Å². The molecule has 0 spiro atoms. The van der Waals surface area contributed by atoms with Crippen molar-refractivity contribution in [1.82, 2.24) is 58.7 Å². The second-order valence-corrected chi connectivity index (χ2v) is 23.8. The van der Waals surface area contributed by atoms with E-state index in [4.69, 9.17) is 50.7 Å². The summed E-state index contributed by atoms with van der Waals surface area (Å²) in [5, 5.41) is 20.6. The SMILES string of the molecule is CC(C)c1cccc(-n2nc(C(F)(F)F)cc2CN)c1.COc1cccc(-n2nc(C(F)(F)F)cc2CN)c1.NCc1cc(C(F)(F)F)nn1-c1ccc(F)c(Cl)c1.NCc1cc(C(F)(F)F)nn1-c1ccc(F)c(F)c1.NCc1cc(C(F)(F)F)nn1-c1ccc(F)cc1.NCc1cc(C(F)(F)F)nn1-c1cccc(F)c1. The zero-order valence-electron chi connectivity index (χ0n) is 58.3. The van der Waals surface area contributed by atoms with Gasteiger partial charge in [0.2, 0.25) is 0 Å². The Bertz CT molecular complexity index is 5020. The molecule has 0 saturated carbocycles. The summed E-state index contributed by atoms with van der Waals surface area (Å²) in [6.45, 7) is 3.41. The molecule has 12 N–H and O–H groups in total. The number of nitrogens with zero attached hydrogens (tertiary/aromatic N) is 12. The fourth-order valence-electron chi connectivity index (χ4n) is 9.75. The van der Waals surface area contributed by atoms with E-state index in [2.05, 4.69) is 30.6 Å². The van der Waals surface area contributed by atoms with Crippen molar-refractivity contribution in [3.05, 3.63) is 278 Å². The molecule has 0 unspecified atom stereocenters. The average Bonchev–Trinajstić information content (AvgIpc) is 1.68. The molecule has 6 aromatic heterocycles. The Morgan fingerprint density at radius 2 is 0.593 bits per heavy atom. The number of benzene rings is 6. The zero-order valence-corrected chi connectivity index (χ0v) is 59.1. The number of aromatic nitrogens is 12. The quantitative estimate of drug-likeness (QED) is 0.0554. The number of ether oxygens (including phenoxy) is 1. The number of rotatable bonds is 14. The van der Waals surface area contributed by atoms with Gasteiger partial charge in [0.05, 0.1) is 80.4 Å². The lowest BCUT2D eigenvalue weighted by atomic mass is 10.0. The van der Waals surface area contributed by atoms with Gasteiger partial charge in [0.25, 0.3) is 0 Å². The predicted octanol–water partition coefficient (Wildman–Crippen LogP) is 16.6. The van der Waals surface area contributed by atoms with E-state index < -0.39 is 100 Å². The van der Waals surface area contributed by atoms with Gasteiger partial charge in [-0.1, -0.05) is 49.7 Å². The van der Waals surface area contributed by atoms with E-state index in [1.54, 1.807) is 36.4 Å². The number of methoxy groups -OCH3 is 1. The average molecular weight is 1640 g/mol. The largest absolute Gasteiger partial charge is 0.497 e. The first-order valence-corrected chi connectivity index (χ1v) is 32.5. The Kier molecular flexibility index (Phi) is 29.1. The summed E-state index contributed by atoms with van der Waals surface area (Å²) >= 11 is 5.59. The Balaban J connectivity index is 0.000000188. The number of hydrogen-bond acceptors (Lipinski definition) is 13. The van der Waals surface area contributed by atoms with Crippen LogP contribution < -0.4 is 39.1 Å².